The number of hydrogen-bond acceptors (Lipinski definition) is 2. The molecule has 0 spiro atoms. The molecule has 0 aliphatic rings. The van der Waals surface area contributed by atoms with E-state index in [1.54, 1.807) is 0 Å². The number of benzene rings is 1. The third-order valence-corrected chi connectivity index (χ3v) is 3.11. The molecule has 0 bridgehead atoms. The van der Waals surface area contributed by atoms with Gasteiger partial charge < -0.3 is 5.73 Å². The second kappa shape index (κ2) is 4.59. The van der Waals surface area contributed by atoms with Crippen molar-refractivity contribution in [1.29, 1.82) is 5.26 Å². The molecule has 0 saturated carbocycles. The summed E-state index contributed by atoms with van der Waals surface area (Å²) in [7, 11) is 0. The predicted molar refractivity (Wildman–Crippen MR) is 60.8 cm³/mol. The molecule has 2 N–H and O–H groups in total. The van der Waals surface area contributed by atoms with Crippen molar-refractivity contribution >= 4 is 15.9 Å². The van der Waals surface area contributed by atoms with Gasteiger partial charge in [-0.3, -0.25) is 0 Å². The van der Waals surface area contributed by atoms with Crippen molar-refractivity contribution in [2.75, 3.05) is 0 Å². The fourth-order valence-electron chi connectivity index (χ4n) is 1.41. The van der Waals surface area contributed by atoms with E-state index in [1.165, 1.54) is 0 Å². The summed E-state index contributed by atoms with van der Waals surface area (Å²) in [6, 6.07) is 6.00. The van der Waals surface area contributed by atoms with Gasteiger partial charge in [0.2, 0.25) is 0 Å². The van der Waals surface area contributed by atoms with Gasteiger partial charge in [0, 0.05) is 10.5 Å². The number of rotatable bonds is 2. The lowest BCUT2D eigenvalue weighted by Gasteiger charge is -2.13. The molecule has 0 aliphatic heterocycles. The maximum absolute atomic E-state index is 8.57. The smallest absolute Gasteiger partial charge is 0.0641 e. The van der Waals surface area contributed by atoms with Crippen molar-refractivity contribution in [1.82, 2.24) is 0 Å². The highest BCUT2D eigenvalue weighted by Gasteiger charge is 2.10. The van der Waals surface area contributed by atoms with Crippen LogP contribution in [0.2, 0.25) is 0 Å². The molecule has 0 heterocycles. The molecule has 0 fully saturated rings. The Morgan fingerprint density at radius 2 is 2.07 bits per heavy atom. The van der Waals surface area contributed by atoms with Crippen LogP contribution in [-0.4, -0.2) is 0 Å². The summed E-state index contributed by atoms with van der Waals surface area (Å²) in [6.07, 6.45) is 0.363. The molecule has 2 nitrogen and oxygen atoms in total. The first kappa shape index (κ1) is 11.2. The number of aryl methyl sites for hydroxylation is 2. The molecule has 0 aromatic heterocycles. The molecular formula is C11H13BrN2. The zero-order valence-electron chi connectivity index (χ0n) is 8.34. The summed E-state index contributed by atoms with van der Waals surface area (Å²) < 4.78 is 1.09. The van der Waals surface area contributed by atoms with Crippen molar-refractivity contribution in [3.05, 3.63) is 33.3 Å². The Morgan fingerprint density at radius 3 is 2.64 bits per heavy atom. The first-order valence-corrected chi connectivity index (χ1v) is 5.24. The quantitative estimate of drug-likeness (QED) is 0.880. The lowest BCUT2D eigenvalue weighted by atomic mass is 9.98. The predicted octanol–water partition coefficient (Wildman–Crippen LogP) is 2.98. The van der Waals surface area contributed by atoms with Crippen LogP contribution in [0.25, 0.3) is 0 Å². The van der Waals surface area contributed by atoms with E-state index in [9.17, 15) is 0 Å². The van der Waals surface area contributed by atoms with Crippen LogP contribution in [0.4, 0.5) is 0 Å². The zero-order chi connectivity index (χ0) is 10.7. The molecule has 1 unspecified atom stereocenters. The van der Waals surface area contributed by atoms with E-state index >= 15 is 0 Å². The Hall–Kier alpha value is -0.850. The number of hydrogen-bond donors (Lipinski definition) is 1. The molecule has 0 saturated heterocycles. The minimum atomic E-state index is -0.174. The molecule has 1 atom stereocenters. The molecule has 1 aromatic carbocycles. The summed E-state index contributed by atoms with van der Waals surface area (Å²) >= 11 is 3.46. The van der Waals surface area contributed by atoms with Gasteiger partial charge in [-0.2, -0.15) is 5.26 Å². The van der Waals surface area contributed by atoms with Crippen LogP contribution in [0, 0.1) is 25.2 Å². The van der Waals surface area contributed by atoms with Gasteiger partial charge in [0.1, 0.15) is 0 Å². The number of nitrogens with two attached hydrogens (primary N) is 1. The third-order valence-electron chi connectivity index (χ3n) is 2.26. The number of halogens is 1. The largest absolute Gasteiger partial charge is 0.323 e. The molecule has 0 aliphatic carbocycles. The fraction of sp³-hybridized carbons (Fsp3) is 0.364. The van der Waals surface area contributed by atoms with Gasteiger partial charge in [-0.1, -0.05) is 22.0 Å². The average Bonchev–Trinajstić information content (AvgIpc) is 2.11. The number of nitriles is 1. The summed E-state index contributed by atoms with van der Waals surface area (Å²) in [5.74, 6) is 0. The van der Waals surface area contributed by atoms with Crippen LogP contribution in [0.1, 0.15) is 29.2 Å². The Labute approximate surface area is 92.9 Å². The van der Waals surface area contributed by atoms with Crippen molar-refractivity contribution < 1.29 is 0 Å². The van der Waals surface area contributed by atoms with Crippen LogP contribution in [0.5, 0.6) is 0 Å². The third kappa shape index (κ3) is 2.34. The van der Waals surface area contributed by atoms with Crippen LogP contribution in [0.15, 0.2) is 16.6 Å². The summed E-state index contributed by atoms with van der Waals surface area (Å²) in [6.45, 7) is 4.03. The molecule has 1 aromatic rings. The minimum absolute atomic E-state index is 0.174. The first-order chi connectivity index (χ1) is 6.56. The minimum Gasteiger partial charge on any atom is -0.323 e. The van der Waals surface area contributed by atoms with E-state index in [0.29, 0.717) is 6.42 Å². The first-order valence-electron chi connectivity index (χ1n) is 4.45. The molecule has 14 heavy (non-hydrogen) atoms. The Balaban J connectivity index is 3.10. The van der Waals surface area contributed by atoms with Crippen LogP contribution in [-0.2, 0) is 0 Å². The average molecular weight is 253 g/mol. The van der Waals surface area contributed by atoms with Crippen LogP contribution < -0.4 is 5.73 Å². The van der Waals surface area contributed by atoms with E-state index in [2.05, 4.69) is 22.0 Å². The van der Waals surface area contributed by atoms with E-state index in [1.807, 2.05) is 26.0 Å². The Kier molecular flexibility index (Phi) is 3.68. The van der Waals surface area contributed by atoms with Gasteiger partial charge in [0.05, 0.1) is 12.5 Å². The maximum Gasteiger partial charge on any atom is 0.0641 e. The normalized spacial score (nSPS) is 12.2. The zero-order valence-corrected chi connectivity index (χ0v) is 9.93. The standard InChI is InChI=1S/C11H13BrN2/c1-7-6-10(12)8(2)5-9(7)11(14)3-4-13/h5-6,11H,3,14H2,1-2H3. The lowest BCUT2D eigenvalue weighted by Crippen LogP contribution is -2.11. The van der Waals surface area contributed by atoms with Gasteiger partial charge in [-0.15, -0.1) is 0 Å². The van der Waals surface area contributed by atoms with Crippen LogP contribution in [0.3, 0.4) is 0 Å². The molecule has 0 amide bonds. The monoisotopic (exact) mass is 252 g/mol. The van der Waals surface area contributed by atoms with Crippen molar-refractivity contribution in [3.8, 4) is 6.07 Å². The lowest BCUT2D eigenvalue weighted by molar-refractivity contribution is 0.741. The van der Waals surface area contributed by atoms with Crippen molar-refractivity contribution in [2.45, 2.75) is 26.3 Å². The Morgan fingerprint density at radius 1 is 1.43 bits per heavy atom. The van der Waals surface area contributed by atoms with E-state index in [-0.39, 0.29) is 6.04 Å². The Bertz CT molecular complexity index is 380. The summed E-state index contributed by atoms with van der Waals surface area (Å²) in [4.78, 5) is 0. The molecule has 0 radical (unpaired) electrons. The van der Waals surface area contributed by atoms with Crippen LogP contribution >= 0.6 is 15.9 Å². The highest BCUT2D eigenvalue weighted by Crippen LogP contribution is 2.25. The van der Waals surface area contributed by atoms with E-state index < -0.39 is 0 Å². The highest BCUT2D eigenvalue weighted by atomic mass is 79.9. The highest BCUT2D eigenvalue weighted by molar-refractivity contribution is 9.10. The van der Waals surface area contributed by atoms with Gasteiger partial charge in [0.15, 0.2) is 0 Å². The molecule has 74 valence electrons. The van der Waals surface area contributed by atoms with Crippen molar-refractivity contribution in [3.63, 3.8) is 0 Å². The van der Waals surface area contributed by atoms with E-state index in [4.69, 9.17) is 11.0 Å². The van der Waals surface area contributed by atoms with Gasteiger partial charge in [0.25, 0.3) is 0 Å². The molecule has 1 rings (SSSR count). The SMILES string of the molecule is Cc1cc(C(N)CC#N)c(C)cc1Br. The number of nitrogens with zero attached hydrogens (tertiary/aromatic N) is 1. The molecular weight excluding hydrogens is 240 g/mol. The summed E-state index contributed by atoms with van der Waals surface area (Å²) in [5.41, 5.74) is 9.23. The second-order valence-corrected chi connectivity index (χ2v) is 4.28. The summed E-state index contributed by atoms with van der Waals surface area (Å²) in [5, 5.41) is 8.57. The topological polar surface area (TPSA) is 49.8 Å². The van der Waals surface area contributed by atoms with Crippen molar-refractivity contribution in [2.24, 2.45) is 5.73 Å². The fourth-order valence-corrected chi connectivity index (χ4v) is 1.87. The van der Waals surface area contributed by atoms with Gasteiger partial charge >= 0.3 is 0 Å². The molecule has 3 heteroatoms. The van der Waals surface area contributed by atoms with Gasteiger partial charge in [-0.25, -0.2) is 0 Å². The van der Waals surface area contributed by atoms with Gasteiger partial charge in [-0.05, 0) is 36.6 Å². The van der Waals surface area contributed by atoms with E-state index in [0.717, 1.165) is 21.2 Å². The second-order valence-electron chi connectivity index (χ2n) is 3.43. The maximum atomic E-state index is 8.57.